The molecule has 1 aliphatic carbocycles. The molecule has 0 saturated carbocycles. The van der Waals surface area contributed by atoms with Crippen molar-refractivity contribution in [2.24, 2.45) is 5.41 Å². The quantitative estimate of drug-likeness (QED) is 0.614. The van der Waals surface area contributed by atoms with Gasteiger partial charge in [-0.25, -0.2) is 0 Å². The Kier molecular flexibility index (Phi) is 5.79. The molecule has 0 spiro atoms. The molecule has 0 unspecified atom stereocenters. The average Bonchev–Trinajstić information content (AvgIpc) is 3.41. The van der Waals surface area contributed by atoms with Crippen LogP contribution in [0, 0.1) is 5.41 Å². The molecule has 7 nitrogen and oxygen atoms in total. The molecule has 5 rings (SSSR count). The highest BCUT2D eigenvalue weighted by atomic mass is 16.5. The summed E-state index contributed by atoms with van der Waals surface area (Å²) in [5.74, 6) is 0.134. The summed E-state index contributed by atoms with van der Waals surface area (Å²) in [5, 5.41) is 9.07. The number of fused-ring (bicyclic) bond motifs is 2. The van der Waals surface area contributed by atoms with Gasteiger partial charge in [0.2, 0.25) is 5.91 Å². The second kappa shape index (κ2) is 8.61. The standard InChI is InChI=1S/C26H35N5O2/c1-5-23(31-10-12-33-13-11-31)25(32)30(4)18-7-6-17-14-21(27-20(17)15-18)24-19-8-9-26(2,3)16-22(19)28-29-24/h6-7,14-15,23,27H,5,8-13,16H2,1-4H3,(H,28,29)/t23-/m1/s1. The first kappa shape index (κ1) is 22.2. The monoisotopic (exact) mass is 449 g/mol. The smallest absolute Gasteiger partial charge is 0.244 e. The average molecular weight is 450 g/mol. The van der Waals surface area contributed by atoms with Gasteiger partial charge in [0.05, 0.1) is 24.9 Å². The molecule has 1 fully saturated rings. The van der Waals surface area contributed by atoms with Crippen molar-refractivity contribution >= 4 is 22.5 Å². The second-order valence-electron chi connectivity index (χ2n) is 10.3. The van der Waals surface area contributed by atoms with Crippen LogP contribution in [-0.2, 0) is 22.4 Å². The highest BCUT2D eigenvalue weighted by Gasteiger charge is 2.30. The topological polar surface area (TPSA) is 77.2 Å². The number of likely N-dealkylation sites (N-methyl/N-ethyl adjacent to an activating group) is 1. The Morgan fingerprint density at radius 2 is 2.06 bits per heavy atom. The van der Waals surface area contributed by atoms with Crippen molar-refractivity contribution in [1.82, 2.24) is 20.1 Å². The molecule has 2 N–H and O–H groups in total. The van der Waals surface area contributed by atoms with Crippen LogP contribution in [-0.4, -0.2) is 65.4 Å². The van der Waals surface area contributed by atoms with Crippen LogP contribution in [0.1, 0.15) is 44.9 Å². The van der Waals surface area contributed by atoms with Gasteiger partial charge < -0.3 is 14.6 Å². The van der Waals surface area contributed by atoms with Gasteiger partial charge in [0, 0.05) is 48.0 Å². The van der Waals surface area contributed by atoms with Crippen molar-refractivity contribution in [3.8, 4) is 11.4 Å². The maximum Gasteiger partial charge on any atom is 0.244 e. The third-order valence-corrected chi connectivity index (χ3v) is 7.40. The molecule has 2 aromatic heterocycles. The van der Waals surface area contributed by atoms with Gasteiger partial charge in [-0.3, -0.25) is 14.8 Å². The maximum atomic E-state index is 13.3. The molecule has 7 heteroatoms. The van der Waals surface area contributed by atoms with Gasteiger partial charge in [0.15, 0.2) is 0 Å². The highest BCUT2D eigenvalue weighted by molar-refractivity contribution is 5.99. The van der Waals surface area contributed by atoms with E-state index in [1.54, 1.807) is 4.90 Å². The molecule has 1 aromatic carbocycles. The molecular formula is C26H35N5O2. The highest BCUT2D eigenvalue weighted by Crippen LogP contribution is 2.38. The van der Waals surface area contributed by atoms with Gasteiger partial charge in [-0.15, -0.1) is 0 Å². The van der Waals surface area contributed by atoms with E-state index in [1.807, 2.05) is 13.1 Å². The Hall–Kier alpha value is -2.64. The number of hydrogen-bond acceptors (Lipinski definition) is 4. The minimum atomic E-state index is -0.117. The van der Waals surface area contributed by atoms with Gasteiger partial charge in [0.1, 0.15) is 5.69 Å². The molecule has 33 heavy (non-hydrogen) atoms. The lowest BCUT2D eigenvalue weighted by Crippen LogP contribution is -2.51. The van der Waals surface area contributed by atoms with Gasteiger partial charge in [-0.05, 0) is 49.3 Å². The van der Waals surface area contributed by atoms with Crippen molar-refractivity contribution in [3.63, 3.8) is 0 Å². The molecule has 176 valence electrons. The zero-order chi connectivity index (χ0) is 23.2. The Morgan fingerprint density at radius 3 is 2.82 bits per heavy atom. The van der Waals surface area contributed by atoms with E-state index in [2.05, 4.69) is 59.1 Å². The van der Waals surface area contributed by atoms with Crippen molar-refractivity contribution in [2.75, 3.05) is 38.3 Å². The van der Waals surface area contributed by atoms with E-state index in [0.29, 0.717) is 18.6 Å². The fourth-order valence-electron chi connectivity index (χ4n) is 5.35. The van der Waals surface area contributed by atoms with Crippen molar-refractivity contribution < 1.29 is 9.53 Å². The molecule has 1 atom stereocenters. The molecule has 3 aromatic rings. The summed E-state index contributed by atoms with van der Waals surface area (Å²) in [7, 11) is 1.88. The van der Waals surface area contributed by atoms with Crippen molar-refractivity contribution in [3.05, 3.63) is 35.5 Å². The number of carbonyl (C=O) groups is 1. The zero-order valence-corrected chi connectivity index (χ0v) is 20.2. The number of amides is 1. The Bertz CT molecular complexity index is 1150. The summed E-state index contributed by atoms with van der Waals surface area (Å²) in [6.07, 6.45) is 4.05. The van der Waals surface area contributed by atoms with E-state index in [9.17, 15) is 4.79 Å². The minimum Gasteiger partial charge on any atom is -0.379 e. The Labute approximate surface area is 195 Å². The summed E-state index contributed by atoms with van der Waals surface area (Å²) in [6, 6.07) is 8.25. The van der Waals surface area contributed by atoms with Crippen molar-refractivity contribution in [2.45, 2.75) is 52.5 Å². The number of benzene rings is 1. The molecule has 1 amide bonds. The first-order valence-electron chi connectivity index (χ1n) is 12.1. The van der Waals surface area contributed by atoms with E-state index in [-0.39, 0.29) is 11.9 Å². The predicted molar refractivity (Wildman–Crippen MR) is 132 cm³/mol. The van der Waals surface area contributed by atoms with Crippen LogP contribution < -0.4 is 4.90 Å². The van der Waals surface area contributed by atoms with Gasteiger partial charge in [0.25, 0.3) is 0 Å². The lowest BCUT2D eigenvalue weighted by Gasteiger charge is -2.35. The summed E-state index contributed by atoms with van der Waals surface area (Å²) in [6.45, 7) is 9.72. The molecule has 0 radical (unpaired) electrons. The maximum absolute atomic E-state index is 13.3. The van der Waals surface area contributed by atoms with Gasteiger partial charge >= 0.3 is 0 Å². The number of anilines is 1. The molecule has 1 aliphatic heterocycles. The fourth-order valence-corrected chi connectivity index (χ4v) is 5.35. The molecular weight excluding hydrogens is 414 g/mol. The number of nitrogens with one attached hydrogen (secondary N) is 2. The van der Waals surface area contributed by atoms with Crippen LogP contribution in [0.25, 0.3) is 22.3 Å². The first-order valence-corrected chi connectivity index (χ1v) is 12.1. The number of morpholine rings is 1. The lowest BCUT2D eigenvalue weighted by atomic mass is 9.76. The third kappa shape index (κ3) is 4.20. The fraction of sp³-hybridized carbons (Fsp3) is 0.538. The van der Waals surface area contributed by atoms with E-state index in [1.165, 1.54) is 17.7 Å². The van der Waals surface area contributed by atoms with Gasteiger partial charge in [-0.1, -0.05) is 26.8 Å². The largest absolute Gasteiger partial charge is 0.379 e. The number of carbonyl (C=O) groups excluding carboxylic acids is 1. The number of aromatic amines is 2. The molecule has 3 heterocycles. The SMILES string of the molecule is CC[C@H](C(=O)N(C)c1ccc2cc(-c3n[nH]c4c3CCC(C)(C)C4)[nH]c2c1)N1CCOCC1. The second-order valence-corrected chi connectivity index (χ2v) is 10.3. The molecule has 2 aliphatic rings. The van der Waals surface area contributed by atoms with Crippen LogP contribution in [0.5, 0.6) is 0 Å². The van der Waals surface area contributed by atoms with E-state index >= 15 is 0 Å². The Balaban J connectivity index is 1.40. The summed E-state index contributed by atoms with van der Waals surface area (Å²) < 4.78 is 5.47. The number of hydrogen-bond donors (Lipinski definition) is 2. The Morgan fingerprint density at radius 1 is 1.27 bits per heavy atom. The number of ether oxygens (including phenoxy) is 1. The van der Waals surface area contributed by atoms with Crippen LogP contribution >= 0.6 is 0 Å². The number of nitrogens with zero attached hydrogens (tertiary/aromatic N) is 3. The number of rotatable bonds is 5. The van der Waals surface area contributed by atoms with E-state index < -0.39 is 0 Å². The molecule has 1 saturated heterocycles. The minimum absolute atomic E-state index is 0.117. The third-order valence-electron chi connectivity index (χ3n) is 7.40. The van der Waals surface area contributed by atoms with Gasteiger partial charge in [-0.2, -0.15) is 5.10 Å². The first-order chi connectivity index (χ1) is 15.9. The summed E-state index contributed by atoms with van der Waals surface area (Å²) >= 11 is 0. The van der Waals surface area contributed by atoms with Crippen LogP contribution in [0.15, 0.2) is 24.3 Å². The van der Waals surface area contributed by atoms with Crippen LogP contribution in [0.4, 0.5) is 5.69 Å². The summed E-state index contributed by atoms with van der Waals surface area (Å²) in [5.41, 5.74) is 6.91. The van der Waals surface area contributed by atoms with E-state index in [4.69, 9.17) is 4.74 Å². The van der Waals surface area contributed by atoms with Crippen molar-refractivity contribution in [1.29, 1.82) is 0 Å². The number of H-pyrrole nitrogens is 2. The molecule has 0 bridgehead atoms. The zero-order valence-electron chi connectivity index (χ0n) is 20.2. The number of aromatic nitrogens is 3. The lowest BCUT2D eigenvalue weighted by molar-refractivity contribution is -0.125. The summed E-state index contributed by atoms with van der Waals surface area (Å²) in [4.78, 5) is 20.9. The van der Waals surface area contributed by atoms with Crippen LogP contribution in [0.2, 0.25) is 0 Å². The van der Waals surface area contributed by atoms with Crippen LogP contribution in [0.3, 0.4) is 0 Å². The van der Waals surface area contributed by atoms with E-state index in [0.717, 1.165) is 60.3 Å². The predicted octanol–water partition coefficient (Wildman–Crippen LogP) is 4.15. The normalized spacial score (nSPS) is 19.4.